The maximum atomic E-state index is 11.8. The largest absolute Gasteiger partial charge is 0.478 e. The van der Waals surface area contributed by atoms with Crippen molar-refractivity contribution < 1.29 is 14.7 Å². The number of nitrogens with zero attached hydrogens (tertiary/aromatic N) is 2. The second-order valence-electron chi connectivity index (χ2n) is 4.01. The number of carboxylic acids is 1. The lowest BCUT2D eigenvalue weighted by molar-refractivity contribution is -0.117. The maximum absolute atomic E-state index is 11.8. The summed E-state index contributed by atoms with van der Waals surface area (Å²) in [5, 5.41) is 9.04. The Labute approximate surface area is 98.1 Å². The van der Waals surface area contributed by atoms with E-state index in [1.807, 2.05) is 0 Å². The average molecular weight is 235 g/mol. The molecule has 1 aromatic heterocycles. The molecule has 6 nitrogen and oxygen atoms in total. The van der Waals surface area contributed by atoms with E-state index < -0.39 is 5.97 Å². The summed E-state index contributed by atoms with van der Waals surface area (Å²) in [6.45, 7) is 0.881. The van der Waals surface area contributed by atoms with Crippen molar-refractivity contribution in [1.82, 2.24) is 4.98 Å². The number of hydrogen-bond acceptors (Lipinski definition) is 4. The Morgan fingerprint density at radius 1 is 1.65 bits per heavy atom. The van der Waals surface area contributed by atoms with Crippen LogP contribution in [-0.2, 0) is 4.79 Å². The third-order valence-corrected chi connectivity index (χ3v) is 2.86. The van der Waals surface area contributed by atoms with E-state index in [2.05, 4.69) is 4.98 Å². The highest BCUT2D eigenvalue weighted by Crippen LogP contribution is 2.26. The lowest BCUT2D eigenvalue weighted by Gasteiger charge is -2.17. The first-order chi connectivity index (χ1) is 8.13. The van der Waals surface area contributed by atoms with Crippen LogP contribution in [0.15, 0.2) is 18.5 Å². The zero-order valence-corrected chi connectivity index (χ0v) is 9.17. The van der Waals surface area contributed by atoms with Crippen molar-refractivity contribution in [2.75, 3.05) is 18.0 Å². The maximum Gasteiger partial charge on any atom is 0.337 e. The smallest absolute Gasteiger partial charge is 0.337 e. The highest BCUT2D eigenvalue weighted by atomic mass is 16.4. The van der Waals surface area contributed by atoms with Crippen LogP contribution >= 0.6 is 0 Å². The summed E-state index contributed by atoms with van der Waals surface area (Å²) in [6.07, 6.45) is 3.17. The minimum Gasteiger partial charge on any atom is -0.478 e. The highest BCUT2D eigenvalue weighted by molar-refractivity contribution is 6.02. The lowest BCUT2D eigenvalue weighted by Crippen LogP contribution is -2.27. The van der Waals surface area contributed by atoms with E-state index in [0.29, 0.717) is 25.2 Å². The Morgan fingerprint density at radius 3 is 3.00 bits per heavy atom. The van der Waals surface area contributed by atoms with Crippen LogP contribution in [0.1, 0.15) is 16.8 Å². The summed E-state index contributed by atoms with van der Waals surface area (Å²) in [5.41, 5.74) is 5.96. The number of nitrogens with two attached hydrogens (primary N) is 1. The predicted octanol–water partition coefficient (Wildman–Crippen LogP) is 0.0914. The summed E-state index contributed by atoms with van der Waals surface area (Å²) in [6, 6.07) is 1.39. The number of aromatic carboxylic acids is 1. The summed E-state index contributed by atoms with van der Waals surface area (Å²) in [7, 11) is 0. The molecule has 0 spiro atoms. The van der Waals surface area contributed by atoms with Gasteiger partial charge in [-0.1, -0.05) is 0 Å². The molecule has 0 aliphatic carbocycles. The van der Waals surface area contributed by atoms with Gasteiger partial charge in [0, 0.05) is 19.2 Å². The summed E-state index contributed by atoms with van der Waals surface area (Å²) in [4.78, 5) is 28.1. The van der Waals surface area contributed by atoms with Gasteiger partial charge in [0.2, 0.25) is 5.91 Å². The van der Waals surface area contributed by atoms with Gasteiger partial charge in [-0.3, -0.25) is 9.78 Å². The van der Waals surface area contributed by atoms with Crippen molar-refractivity contribution in [3.63, 3.8) is 0 Å². The number of aromatic nitrogens is 1. The van der Waals surface area contributed by atoms with Crippen molar-refractivity contribution in [2.45, 2.75) is 6.42 Å². The molecule has 90 valence electrons. The topological polar surface area (TPSA) is 96.5 Å². The SMILES string of the molecule is NCC1CC(=O)N(c2cnccc2C(=O)O)C1. The van der Waals surface area contributed by atoms with Gasteiger partial charge in [0.25, 0.3) is 0 Å². The first kappa shape index (κ1) is 11.5. The van der Waals surface area contributed by atoms with E-state index >= 15 is 0 Å². The number of hydrogen-bond donors (Lipinski definition) is 2. The molecular formula is C11H13N3O3. The molecule has 0 aromatic carbocycles. The molecule has 1 aliphatic heterocycles. The fraction of sp³-hybridized carbons (Fsp3) is 0.364. The standard InChI is InChI=1S/C11H13N3O3/c12-4-7-3-10(15)14(6-7)9-5-13-2-1-8(9)11(16)17/h1-2,5,7H,3-4,6,12H2,(H,16,17). The van der Waals surface area contributed by atoms with Crippen molar-refractivity contribution in [3.8, 4) is 0 Å². The van der Waals surface area contributed by atoms with E-state index in [9.17, 15) is 9.59 Å². The molecule has 2 heterocycles. The van der Waals surface area contributed by atoms with Gasteiger partial charge >= 0.3 is 5.97 Å². The van der Waals surface area contributed by atoms with Gasteiger partial charge in [0.05, 0.1) is 17.4 Å². The highest BCUT2D eigenvalue weighted by Gasteiger charge is 2.31. The molecule has 1 unspecified atom stereocenters. The van der Waals surface area contributed by atoms with Crippen molar-refractivity contribution >= 4 is 17.6 Å². The molecule has 17 heavy (non-hydrogen) atoms. The van der Waals surface area contributed by atoms with Crippen molar-refractivity contribution in [1.29, 1.82) is 0 Å². The Morgan fingerprint density at radius 2 is 2.41 bits per heavy atom. The fourth-order valence-corrected chi connectivity index (χ4v) is 1.95. The van der Waals surface area contributed by atoms with Gasteiger partial charge in [0.15, 0.2) is 0 Å². The first-order valence-corrected chi connectivity index (χ1v) is 5.31. The number of carboxylic acid groups (broad SMARTS) is 1. The molecule has 1 saturated heterocycles. The number of carbonyl (C=O) groups is 2. The Balaban J connectivity index is 2.35. The molecule has 2 rings (SSSR count). The van der Waals surface area contributed by atoms with Gasteiger partial charge < -0.3 is 15.7 Å². The zero-order valence-electron chi connectivity index (χ0n) is 9.17. The zero-order chi connectivity index (χ0) is 12.4. The molecule has 3 N–H and O–H groups in total. The van der Waals surface area contributed by atoms with E-state index in [1.165, 1.54) is 23.4 Å². The minimum absolute atomic E-state index is 0.0874. The third-order valence-electron chi connectivity index (χ3n) is 2.86. The number of amides is 1. The summed E-state index contributed by atoms with van der Waals surface area (Å²) < 4.78 is 0. The van der Waals surface area contributed by atoms with Crippen LogP contribution in [0.5, 0.6) is 0 Å². The van der Waals surface area contributed by atoms with Crippen molar-refractivity contribution in [2.24, 2.45) is 11.7 Å². The van der Waals surface area contributed by atoms with Gasteiger partial charge in [-0.15, -0.1) is 0 Å². The molecule has 0 saturated carbocycles. The monoisotopic (exact) mass is 235 g/mol. The Bertz CT molecular complexity index is 461. The minimum atomic E-state index is -1.06. The first-order valence-electron chi connectivity index (χ1n) is 5.31. The van der Waals surface area contributed by atoms with Gasteiger partial charge in [-0.05, 0) is 18.5 Å². The van der Waals surface area contributed by atoms with Crippen molar-refractivity contribution in [3.05, 3.63) is 24.0 Å². The average Bonchev–Trinajstić information content (AvgIpc) is 2.70. The molecule has 1 fully saturated rings. The molecule has 1 atom stereocenters. The molecule has 0 bridgehead atoms. The van der Waals surface area contributed by atoms with Gasteiger partial charge in [-0.25, -0.2) is 4.79 Å². The summed E-state index contributed by atoms with van der Waals surface area (Å²) in [5.74, 6) is -1.08. The van der Waals surface area contributed by atoms with Crippen LogP contribution in [0.4, 0.5) is 5.69 Å². The van der Waals surface area contributed by atoms with E-state index in [0.717, 1.165) is 0 Å². The summed E-state index contributed by atoms with van der Waals surface area (Å²) >= 11 is 0. The van der Waals surface area contributed by atoms with Crippen LogP contribution in [0.2, 0.25) is 0 Å². The van der Waals surface area contributed by atoms with Crippen LogP contribution in [0, 0.1) is 5.92 Å². The van der Waals surface area contributed by atoms with E-state index in [4.69, 9.17) is 10.8 Å². The fourth-order valence-electron chi connectivity index (χ4n) is 1.95. The molecular weight excluding hydrogens is 222 g/mol. The number of pyridine rings is 1. The molecule has 1 aliphatic rings. The quantitative estimate of drug-likeness (QED) is 0.774. The second kappa shape index (κ2) is 4.50. The van der Waals surface area contributed by atoms with Crippen LogP contribution in [-0.4, -0.2) is 35.1 Å². The number of anilines is 1. The lowest BCUT2D eigenvalue weighted by atomic mass is 10.1. The number of rotatable bonds is 3. The van der Waals surface area contributed by atoms with Gasteiger partial charge in [-0.2, -0.15) is 0 Å². The van der Waals surface area contributed by atoms with Crippen LogP contribution in [0.25, 0.3) is 0 Å². The molecule has 1 amide bonds. The Kier molecular flexibility index (Phi) is 3.06. The molecule has 6 heteroatoms. The normalized spacial score (nSPS) is 19.7. The van der Waals surface area contributed by atoms with Crippen LogP contribution < -0.4 is 10.6 Å². The number of carbonyl (C=O) groups excluding carboxylic acids is 1. The predicted molar refractivity (Wildman–Crippen MR) is 60.7 cm³/mol. The third kappa shape index (κ3) is 2.12. The second-order valence-corrected chi connectivity index (χ2v) is 4.01. The van der Waals surface area contributed by atoms with Crippen LogP contribution in [0.3, 0.4) is 0 Å². The molecule has 1 aromatic rings. The van der Waals surface area contributed by atoms with E-state index in [1.54, 1.807) is 0 Å². The molecule has 0 radical (unpaired) electrons. The Hall–Kier alpha value is -1.95. The van der Waals surface area contributed by atoms with Gasteiger partial charge in [0.1, 0.15) is 0 Å². The van der Waals surface area contributed by atoms with E-state index in [-0.39, 0.29) is 17.4 Å².